The normalized spacial score (nSPS) is 20.3. The maximum atomic E-state index is 11.6. The average molecular weight is 276 g/mol. The summed E-state index contributed by atoms with van der Waals surface area (Å²) in [7, 11) is 0. The van der Waals surface area contributed by atoms with Crippen molar-refractivity contribution in [2.45, 2.75) is 12.5 Å². The molecule has 0 aliphatic carbocycles. The lowest BCUT2D eigenvalue weighted by atomic mass is 10.0. The van der Waals surface area contributed by atoms with Gasteiger partial charge < -0.3 is 15.2 Å². The monoisotopic (exact) mass is 276 g/mol. The highest BCUT2D eigenvalue weighted by atomic mass is 16.5. The van der Waals surface area contributed by atoms with Gasteiger partial charge in [-0.2, -0.15) is 0 Å². The molecule has 0 bridgehead atoms. The fourth-order valence-corrected chi connectivity index (χ4v) is 2.76. The molecular weight excluding hydrogens is 260 g/mol. The van der Waals surface area contributed by atoms with Gasteiger partial charge in [0.15, 0.2) is 0 Å². The Kier molecular flexibility index (Phi) is 3.42. The van der Waals surface area contributed by atoms with E-state index in [1.165, 1.54) is 0 Å². The van der Waals surface area contributed by atoms with Crippen molar-refractivity contribution in [3.8, 4) is 0 Å². The molecule has 3 rings (SSSR count). The SMILES string of the molecule is O=C1Cc2cc(C(C(=O)O)N3CCOCC3)ccc2N1. The zero-order valence-corrected chi connectivity index (χ0v) is 11.0. The van der Waals surface area contributed by atoms with Crippen LogP contribution in [0.2, 0.25) is 0 Å². The van der Waals surface area contributed by atoms with Crippen molar-refractivity contribution >= 4 is 17.6 Å². The molecule has 0 saturated carbocycles. The number of carboxylic acid groups (broad SMARTS) is 1. The summed E-state index contributed by atoms with van der Waals surface area (Å²) in [6.45, 7) is 2.31. The lowest BCUT2D eigenvalue weighted by molar-refractivity contribution is -0.145. The van der Waals surface area contributed by atoms with Gasteiger partial charge in [-0.3, -0.25) is 14.5 Å². The van der Waals surface area contributed by atoms with Gasteiger partial charge in [0.1, 0.15) is 6.04 Å². The summed E-state index contributed by atoms with van der Waals surface area (Å²) in [5, 5.41) is 12.3. The minimum atomic E-state index is -0.871. The number of hydrogen-bond donors (Lipinski definition) is 2. The molecule has 2 heterocycles. The summed E-state index contributed by atoms with van der Waals surface area (Å²) in [5.41, 5.74) is 2.37. The van der Waals surface area contributed by atoms with E-state index in [9.17, 15) is 14.7 Å². The fourth-order valence-electron chi connectivity index (χ4n) is 2.76. The number of hydrogen-bond acceptors (Lipinski definition) is 4. The van der Waals surface area contributed by atoms with E-state index in [0.29, 0.717) is 32.7 Å². The number of ether oxygens (including phenoxy) is 1. The van der Waals surface area contributed by atoms with Gasteiger partial charge in [0.05, 0.1) is 19.6 Å². The van der Waals surface area contributed by atoms with Crippen molar-refractivity contribution in [2.24, 2.45) is 0 Å². The molecule has 1 saturated heterocycles. The van der Waals surface area contributed by atoms with Gasteiger partial charge >= 0.3 is 5.97 Å². The maximum Gasteiger partial charge on any atom is 0.325 e. The molecule has 6 nitrogen and oxygen atoms in total. The van der Waals surface area contributed by atoms with E-state index < -0.39 is 12.0 Å². The number of anilines is 1. The smallest absolute Gasteiger partial charge is 0.325 e. The van der Waals surface area contributed by atoms with Crippen LogP contribution in [0.15, 0.2) is 18.2 Å². The van der Waals surface area contributed by atoms with Gasteiger partial charge in [0.25, 0.3) is 0 Å². The largest absolute Gasteiger partial charge is 0.480 e. The molecular formula is C14H16N2O4. The van der Waals surface area contributed by atoms with Gasteiger partial charge in [0, 0.05) is 18.8 Å². The van der Waals surface area contributed by atoms with Crippen molar-refractivity contribution < 1.29 is 19.4 Å². The van der Waals surface area contributed by atoms with E-state index in [1.807, 2.05) is 11.0 Å². The first-order chi connectivity index (χ1) is 9.65. The molecule has 1 atom stereocenters. The summed E-state index contributed by atoms with van der Waals surface area (Å²) in [4.78, 5) is 24.9. The van der Waals surface area contributed by atoms with E-state index in [1.54, 1.807) is 12.1 Å². The van der Waals surface area contributed by atoms with Crippen LogP contribution < -0.4 is 5.32 Å². The minimum absolute atomic E-state index is 0.0459. The van der Waals surface area contributed by atoms with E-state index in [4.69, 9.17) is 4.74 Å². The second kappa shape index (κ2) is 5.22. The van der Waals surface area contributed by atoms with Gasteiger partial charge in [-0.05, 0) is 17.2 Å². The molecule has 2 aliphatic heterocycles. The summed E-state index contributed by atoms with van der Waals surface area (Å²) >= 11 is 0. The minimum Gasteiger partial charge on any atom is -0.480 e. The number of carboxylic acids is 1. The van der Waals surface area contributed by atoms with Crippen LogP contribution in [0.3, 0.4) is 0 Å². The first kappa shape index (κ1) is 13.1. The van der Waals surface area contributed by atoms with E-state index in [-0.39, 0.29) is 5.91 Å². The number of nitrogens with one attached hydrogen (secondary N) is 1. The Labute approximate surface area is 116 Å². The first-order valence-corrected chi connectivity index (χ1v) is 6.62. The predicted octanol–water partition coefficient (Wildman–Crippen LogP) is 0.639. The van der Waals surface area contributed by atoms with Crippen molar-refractivity contribution in [1.82, 2.24) is 4.90 Å². The molecule has 6 heteroatoms. The zero-order chi connectivity index (χ0) is 14.1. The molecule has 1 fully saturated rings. The molecule has 1 aromatic rings. The van der Waals surface area contributed by atoms with E-state index in [2.05, 4.69) is 5.32 Å². The third-order valence-corrected chi connectivity index (χ3v) is 3.71. The second-order valence-electron chi connectivity index (χ2n) is 5.03. The fraction of sp³-hybridized carbons (Fsp3) is 0.429. The van der Waals surface area contributed by atoms with Gasteiger partial charge in [-0.15, -0.1) is 0 Å². The second-order valence-corrected chi connectivity index (χ2v) is 5.03. The molecule has 0 aromatic heterocycles. The Balaban J connectivity index is 1.90. The third kappa shape index (κ3) is 2.39. The number of rotatable bonds is 3. The number of nitrogens with zero attached hydrogens (tertiary/aromatic N) is 1. The summed E-state index contributed by atoms with van der Waals surface area (Å²) < 4.78 is 5.26. The van der Waals surface area contributed by atoms with Gasteiger partial charge in [-0.25, -0.2) is 0 Å². The van der Waals surface area contributed by atoms with Crippen LogP contribution in [0.1, 0.15) is 17.2 Å². The number of fused-ring (bicyclic) bond motifs is 1. The highest BCUT2D eigenvalue weighted by Gasteiger charge is 2.30. The lowest BCUT2D eigenvalue weighted by Gasteiger charge is -2.32. The summed E-state index contributed by atoms with van der Waals surface area (Å²) in [6.07, 6.45) is 0.318. The zero-order valence-electron chi connectivity index (χ0n) is 11.0. The van der Waals surface area contributed by atoms with Gasteiger partial charge in [0.2, 0.25) is 5.91 Å². The maximum absolute atomic E-state index is 11.6. The number of carbonyl (C=O) groups is 2. The molecule has 1 unspecified atom stereocenters. The van der Waals surface area contributed by atoms with E-state index >= 15 is 0 Å². The quantitative estimate of drug-likeness (QED) is 0.847. The molecule has 0 spiro atoms. The number of amides is 1. The lowest BCUT2D eigenvalue weighted by Crippen LogP contribution is -2.42. The Morgan fingerprint density at radius 3 is 2.80 bits per heavy atom. The molecule has 1 aromatic carbocycles. The Morgan fingerprint density at radius 1 is 1.35 bits per heavy atom. The average Bonchev–Trinajstić information content (AvgIpc) is 2.79. The highest BCUT2D eigenvalue weighted by Crippen LogP contribution is 2.29. The van der Waals surface area contributed by atoms with Crippen LogP contribution in [-0.4, -0.2) is 48.2 Å². The summed E-state index contributed by atoms with van der Waals surface area (Å²) in [6, 6.07) is 4.70. The van der Waals surface area contributed by atoms with Crippen LogP contribution in [0, 0.1) is 0 Å². The standard InChI is InChI=1S/C14H16N2O4/c17-12-8-10-7-9(1-2-11(10)15-12)13(14(18)19)16-3-5-20-6-4-16/h1-2,7,13H,3-6,8H2,(H,15,17)(H,18,19). The van der Waals surface area contributed by atoms with Crippen LogP contribution in [0.4, 0.5) is 5.69 Å². The van der Waals surface area contributed by atoms with Crippen LogP contribution >= 0.6 is 0 Å². The highest BCUT2D eigenvalue weighted by molar-refractivity contribution is 5.99. The van der Waals surface area contributed by atoms with E-state index in [0.717, 1.165) is 16.8 Å². The molecule has 2 N–H and O–H groups in total. The van der Waals surface area contributed by atoms with Crippen LogP contribution in [0.5, 0.6) is 0 Å². The topological polar surface area (TPSA) is 78.9 Å². The van der Waals surface area contributed by atoms with Crippen molar-refractivity contribution in [2.75, 3.05) is 31.6 Å². The number of morpholine rings is 1. The molecule has 2 aliphatic rings. The molecule has 106 valence electrons. The number of benzene rings is 1. The van der Waals surface area contributed by atoms with Crippen molar-refractivity contribution in [3.63, 3.8) is 0 Å². The van der Waals surface area contributed by atoms with Gasteiger partial charge in [-0.1, -0.05) is 12.1 Å². The summed E-state index contributed by atoms with van der Waals surface area (Å²) in [5.74, 6) is -0.917. The number of carbonyl (C=O) groups excluding carboxylic acids is 1. The van der Waals surface area contributed by atoms with Crippen LogP contribution in [0.25, 0.3) is 0 Å². The molecule has 1 amide bonds. The molecule has 0 radical (unpaired) electrons. The molecule has 20 heavy (non-hydrogen) atoms. The Bertz CT molecular complexity index is 552. The Hall–Kier alpha value is -1.92. The third-order valence-electron chi connectivity index (χ3n) is 3.71. The number of aliphatic carboxylic acids is 1. The van der Waals surface area contributed by atoms with Crippen LogP contribution in [-0.2, 0) is 20.7 Å². The Morgan fingerprint density at radius 2 is 2.10 bits per heavy atom. The van der Waals surface area contributed by atoms with Crippen molar-refractivity contribution in [1.29, 1.82) is 0 Å². The predicted molar refractivity (Wildman–Crippen MR) is 71.5 cm³/mol. The first-order valence-electron chi connectivity index (χ1n) is 6.62. The van der Waals surface area contributed by atoms with Crippen molar-refractivity contribution in [3.05, 3.63) is 29.3 Å².